The lowest BCUT2D eigenvalue weighted by Gasteiger charge is -2.33. The number of anilines is 1. The van der Waals surface area contributed by atoms with E-state index in [1.165, 1.54) is 5.00 Å². The van der Waals surface area contributed by atoms with Gasteiger partial charge in [0.1, 0.15) is 0 Å². The third-order valence-electron chi connectivity index (χ3n) is 4.89. The zero-order valence-electron chi connectivity index (χ0n) is 17.3. The van der Waals surface area contributed by atoms with Gasteiger partial charge in [-0.25, -0.2) is 4.99 Å². The van der Waals surface area contributed by atoms with Gasteiger partial charge in [-0.3, -0.25) is 0 Å². The summed E-state index contributed by atoms with van der Waals surface area (Å²) >= 11 is 1.81. The van der Waals surface area contributed by atoms with Crippen molar-refractivity contribution < 1.29 is 9.47 Å². The van der Waals surface area contributed by atoms with E-state index in [9.17, 15) is 0 Å². The second-order valence-electron chi connectivity index (χ2n) is 6.70. The zero-order chi connectivity index (χ0) is 19.8. The molecule has 3 rings (SSSR count). The second kappa shape index (κ2) is 12.1. The van der Waals surface area contributed by atoms with E-state index in [1.807, 2.05) is 29.5 Å². The number of hydrogen-bond acceptors (Lipinski definition) is 5. The van der Waals surface area contributed by atoms with E-state index in [-0.39, 0.29) is 24.0 Å². The van der Waals surface area contributed by atoms with Gasteiger partial charge in [0.15, 0.2) is 17.5 Å². The maximum atomic E-state index is 5.52. The first-order valence-corrected chi connectivity index (χ1v) is 10.7. The van der Waals surface area contributed by atoms with Gasteiger partial charge in [-0.05, 0) is 43.3 Å². The largest absolute Gasteiger partial charge is 0.493 e. The average molecular weight is 530 g/mol. The molecule has 2 heterocycles. The van der Waals surface area contributed by atoms with Crippen LogP contribution >= 0.6 is 35.3 Å². The Kier molecular flexibility index (Phi) is 9.86. The highest BCUT2D eigenvalue weighted by atomic mass is 127. The number of ether oxygens (including phenoxy) is 2. The lowest BCUT2D eigenvalue weighted by atomic mass is 10.1. The van der Waals surface area contributed by atoms with Crippen LogP contribution in [0.4, 0.5) is 5.00 Å². The molecule has 29 heavy (non-hydrogen) atoms. The molecule has 0 amide bonds. The number of thiophene rings is 1. The van der Waals surface area contributed by atoms with E-state index in [2.05, 4.69) is 40.0 Å². The van der Waals surface area contributed by atoms with E-state index < -0.39 is 0 Å². The SMILES string of the molecule is CCNC(=NCc1cccc(OC)c1OC)NC1CCN(c2cccs2)CC1.I. The standard InChI is InChI=1S/C21H30N4O2S.HI/c1-4-22-21(23-15-16-7-5-8-18(26-2)20(16)27-3)24-17-10-12-25(13-11-17)19-9-6-14-28-19;/h5-9,14,17H,4,10-13,15H2,1-3H3,(H2,22,23,24);1H. The van der Waals surface area contributed by atoms with Crippen LogP contribution in [-0.4, -0.2) is 45.9 Å². The third kappa shape index (κ3) is 6.40. The Labute approximate surface area is 194 Å². The fourth-order valence-electron chi connectivity index (χ4n) is 3.45. The number of nitrogens with one attached hydrogen (secondary N) is 2. The van der Waals surface area contributed by atoms with Crippen molar-refractivity contribution in [2.75, 3.05) is 38.8 Å². The molecule has 0 radical (unpaired) electrons. The summed E-state index contributed by atoms with van der Waals surface area (Å²) in [7, 11) is 3.31. The Balaban J connectivity index is 0.00000300. The first-order chi connectivity index (χ1) is 13.7. The molecule has 0 unspecified atom stereocenters. The Morgan fingerprint density at radius 2 is 1.97 bits per heavy atom. The highest BCUT2D eigenvalue weighted by molar-refractivity contribution is 14.0. The van der Waals surface area contributed by atoms with E-state index in [1.54, 1.807) is 14.2 Å². The van der Waals surface area contributed by atoms with Crippen LogP contribution in [0.15, 0.2) is 40.7 Å². The minimum atomic E-state index is 0. The smallest absolute Gasteiger partial charge is 0.191 e. The lowest BCUT2D eigenvalue weighted by molar-refractivity contribution is 0.352. The summed E-state index contributed by atoms with van der Waals surface area (Å²) in [6.07, 6.45) is 2.20. The molecule has 1 aliphatic rings. The van der Waals surface area contributed by atoms with E-state index >= 15 is 0 Å². The molecule has 1 aliphatic heterocycles. The molecule has 0 spiro atoms. The molecule has 8 heteroatoms. The van der Waals surface area contributed by atoms with Gasteiger partial charge >= 0.3 is 0 Å². The van der Waals surface area contributed by atoms with Gasteiger partial charge < -0.3 is 25.0 Å². The molecule has 0 aliphatic carbocycles. The summed E-state index contributed by atoms with van der Waals surface area (Å²) in [6, 6.07) is 10.6. The molecule has 0 saturated carbocycles. The molecule has 2 aromatic rings. The van der Waals surface area contributed by atoms with Gasteiger partial charge in [0, 0.05) is 31.2 Å². The fourth-order valence-corrected chi connectivity index (χ4v) is 4.24. The number of para-hydroxylation sites is 1. The molecule has 1 saturated heterocycles. The average Bonchev–Trinajstić information content (AvgIpc) is 3.27. The summed E-state index contributed by atoms with van der Waals surface area (Å²) in [5.74, 6) is 2.32. The number of methoxy groups -OCH3 is 2. The quantitative estimate of drug-likeness (QED) is 0.321. The van der Waals surface area contributed by atoms with Crippen LogP contribution in [0.25, 0.3) is 0 Å². The van der Waals surface area contributed by atoms with Gasteiger partial charge in [-0.15, -0.1) is 35.3 Å². The molecule has 1 aromatic heterocycles. The topological polar surface area (TPSA) is 58.1 Å². The highest BCUT2D eigenvalue weighted by Crippen LogP contribution is 2.31. The number of benzene rings is 1. The second-order valence-corrected chi connectivity index (χ2v) is 7.63. The van der Waals surface area contributed by atoms with Crippen LogP contribution in [0.2, 0.25) is 0 Å². The van der Waals surface area contributed by atoms with Crippen LogP contribution in [0, 0.1) is 0 Å². The van der Waals surface area contributed by atoms with Gasteiger partial charge in [0.25, 0.3) is 0 Å². The number of hydrogen-bond donors (Lipinski definition) is 2. The summed E-state index contributed by atoms with van der Waals surface area (Å²) in [5, 5.41) is 10.5. The molecule has 0 bridgehead atoms. The predicted octanol–water partition coefficient (Wildman–Crippen LogP) is 4.11. The first-order valence-electron chi connectivity index (χ1n) is 9.78. The van der Waals surface area contributed by atoms with Gasteiger partial charge in [-0.2, -0.15) is 0 Å². The van der Waals surface area contributed by atoms with Crippen LogP contribution in [0.1, 0.15) is 25.3 Å². The number of aliphatic imine (C=N–C) groups is 1. The van der Waals surface area contributed by atoms with Crippen LogP contribution in [-0.2, 0) is 6.54 Å². The van der Waals surface area contributed by atoms with Crippen molar-refractivity contribution in [2.45, 2.75) is 32.4 Å². The Bertz CT molecular complexity index is 762. The number of piperidine rings is 1. The molecule has 2 N–H and O–H groups in total. The first kappa shape index (κ1) is 23.6. The maximum Gasteiger partial charge on any atom is 0.191 e. The van der Waals surface area contributed by atoms with Crippen molar-refractivity contribution in [3.05, 3.63) is 41.3 Å². The van der Waals surface area contributed by atoms with E-state index in [4.69, 9.17) is 14.5 Å². The number of halogens is 1. The van der Waals surface area contributed by atoms with E-state index in [0.29, 0.717) is 12.6 Å². The summed E-state index contributed by atoms with van der Waals surface area (Å²) in [5.41, 5.74) is 1.01. The molecular formula is C21H31IN4O2S. The van der Waals surface area contributed by atoms with Crippen LogP contribution < -0.4 is 25.0 Å². The van der Waals surface area contributed by atoms with Gasteiger partial charge in [-0.1, -0.05) is 12.1 Å². The molecule has 1 fully saturated rings. The molecule has 160 valence electrons. The summed E-state index contributed by atoms with van der Waals surface area (Å²) in [6.45, 7) is 5.59. The van der Waals surface area contributed by atoms with Crippen molar-refractivity contribution in [1.82, 2.24) is 10.6 Å². The minimum Gasteiger partial charge on any atom is -0.493 e. The maximum absolute atomic E-state index is 5.52. The predicted molar refractivity (Wildman–Crippen MR) is 132 cm³/mol. The molecular weight excluding hydrogens is 499 g/mol. The summed E-state index contributed by atoms with van der Waals surface area (Å²) in [4.78, 5) is 7.24. The normalized spacial score (nSPS) is 14.9. The van der Waals surface area contributed by atoms with Crippen LogP contribution in [0.3, 0.4) is 0 Å². The Morgan fingerprint density at radius 1 is 1.17 bits per heavy atom. The Morgan fingerprint density at radius 3 is 2.59 bits per heavy atom. The molecule has 1 aromatic carbocycles. The van der Waals surface area contributed by atoms with Crippen molar-refractivity contribution in [3.63, 3.8) is 0 Å². The summed E-state index contributed by atoms with van der Waals surface area (Å²) < 4.78 is 10.9. The zero-order valence-corrected chi connectivity index (χ0v) is 20.5. The molecule has 0 atom stereocenters. The lowest BCUT2D eigenvalue weighted by Crippen LogP contribution is -2.48. The van der Waals surface area contributed by atoms with Crippen molar-refractivity contribution in [2.24, 2.45) is 4.99 Å². The number of nitrogens with zero attached hydrogens (tertiary/aromatic N) is 2. The van der Waals surface area contributed by atoms with Gasteiger partial charge in [0.05, 0.1) is 25.8 Å². The Hall–Kier alpha value is -1.68. The van der Waals surface area contributed by atoms with Crippen molar-refractivity contribution in [3.8, 4) is 11.5 Å². The van der Waals surface area contributed by atoms with Crippen LogP contribution in [0.5, 0.6) is 11.5 Å². The van der Waals surface area contributed by atoms with Crippen molar-refractivity contribution in [1.29, 1.82) is 0 Å². The minimum absolute atomic E-state index is 0. The van der Waals surface area contributed by atoms with Gasteiger partial charge in [0.2, 0.25) is 0 Å². The molecule has 6 nitrogen and oxygen atoms in total. The fraction of sp³-hybridized carbons (Fsp3) is 0.476. The number of guanidine groups is 1. The monoisotopic (exact) mass is 530 g/mol. The number of rotatable bonds is 7. The highest BCUT2D eigenvalue weighted by Gasteiger charge is 2.20. The van der Waals surface area contributed by atoms with Crippen molar-refractivity contribution >= 4 is 46.3 Å². The third-order valence-corrected chi connectivity index (χ3v) is 5.82. The van der Waals surface area contributed by atoms with E-state index in [0.717, 1.165) is 55.5 Å².